The van der Waals surface area contributed by atoms with Crippen molar-refractivity contribution in [2.75, 3.05) is 0 Å². The average Bonchev–Trinajstić information content (AvgIpc) is 3.70. The van der Waals surface area contributed by atoms with Gasteiger partial charge in [-0.2, -0.15) is 10.3 Å². The normalized spacial score (nSPS) is 11.2. The van der Waals surface area contributed by atoms with Crippen molar-refractivity contribution < 1.29 is 51.6 Å². The number of phenolic OH excluding ortho intramolecular Hbond substituents is 3. The molecule has 0 radical (unpaired) electrons. The van der Waals surface area contributed by atoms with Gasteiger partial charge in [0.25, 0.3) is 0 Å². The fourth-order valence-electron chi connectivity index (χ4n) is 6.94. The Hall–Kier alpha value is -8.15. The largest absolute Gasteiger partial charge is 2.00 e. The molecule has 0 bridgehead atoms. The van der Waals surface area contributed by atoms with Crippen LogP contribution in [0.5, 0.6) is 17.2 Å². The van der Waals surface area contributed by atoms with Gasteiger partial charge in [0.1, 0.15) is 0 Å². The Morgan fingerprint density at radius 3 is 1.76 bits per heavy atom. The topological polar surface area (TPSA) is 199 Å². The summed E-state index contributed by atoms with van der Waals surface area (Å²) in [5.74, 6) is -2.35. The second-order valence-corrected chi connectivity index (χ2v) is 14.0. The molecule has 5 heterocycles. The minimum atomic E-state index is -0.963. The standard InChI is InChI=1S/C38H25N3O3.C11H8N2O2.2CNS.Ru/c42-36-19-28(20-37(43)38(36)44)25-9-10-26-17-29(13-11-24(26)16-25)41-34-14-12-27(23-6-2-1-3-7-23)18-30(34)31-21-33(40-22-35(31)41)32-8-4-5-15-39-32;14-11(15)8-4-6-13-10(7-8)9-3-1-2-5-12-9;2*2-1-3;/h1-22,42-44H;1-7H,(H,14,15);;;/q;;2*-1;+2/i1D,2D,3D,6D,7D;;;;. The molecule has 0 aliphatic heterocycles. The van der Waals surface area contributed by atoms with Crippen LogP contribution < -0.4 is 0 Å². The second-order valence-electron chi connectivity index (χ2n) is 13.6. The van der Waals surface area contributed by atoms with Crippen LogP contribution in [0.3, 0.4) is 0 Å². The van der Waals surface area contributed by atoms with Crippen molar-refractivity contribution in [3.05, 3.63) is 193 Å². The van der Waals surface area contributed by atoms with Crippen molar-refractivity contribution >= 4 is 73.3 Å². The molecule has 0 aliphatic carbocycles. The molecular weight excluding hydrogens is 956 g/mol. The van der Waals surface area contributed by atoms with Crippen molar-refractivity contribution in [1.29, 1.82) is 0 Å². The second kappa shape index (κ2) is 22.0. The van der Waals surface area contributed by atoms with Crippen LogP contribution in [0.1, 0.15) is 17.2 Å². The molecule has 0 amide bonds. The van der Waals surface area contributed by atoms with Gasteiger partial charge in [0.15, 0.2) is 17.2 Å². The molecule has 10 aromatic rings. The Bertz CT molecular complexity index is 3650. The zero-order valence-corrected chi connectivity index (χ0v) is 37.2. The van der Waals surface area contributed by atoms with E-state index in [1.807, 2.05) is 78.9 Å². The van der Waals surface area contributed by atoms with E-state index in [1.54, 1.807) is 36.8 Å². The molecule has 5 aromatic heterocycles. The predicted molar refractivity (Wildman–Crippen MR) is 262 cm³/mol. The Balaban J connectivity index is 0.000000314. The first-order valence-corrected chi connectivity index (χ1v) is 19.9. The molecule has 4 N–H and O–H groups in total. The molecule has 0 saturated heterocycles. The van der Waals surface area contributed by atoms with Gasteiger partial charge in [-0.3, -0.25) is 19.9 Å². The van der Waals surface area contributed by atoms with Crippen LogP contribution in [-0.4, -0.2) is 61.2 Å². The molecular formula is C51H33N7O5RuS2. The van der Waals surface area contributed by atoms with Crippen LogP contribution in [0.4, 0.5) is 0 Å². The molecule has 0 spiro atoms. The molecule has 0 aliphatic rings. The zero-order valence-electron chi connectivity index (χ0n) is 38.9. The summed E-state index contributed by atoms with van der Waals surface area (Å²) in [6.07, 6.45) is 6.60. The maximum atomic E-state index is 10.7. The van der Waals surface area contributed by atoms with Crippen LogP contribution in [-0.2, 0) is 19.5 Å². The summed E-state index contributed by atoms with van der Waals surface area (Å²) >= 11 is 7.40. The van der Waals surface area contributed by atoms with Gasteiger partial charge < -0.3 is 35.8 Å². The van der Waals surface area contributed by atoms with E-state index in [0.717, 1.165) is 43.8 Å². The van der Waals surface area contributed by atoms with Crippen molar-refractivity contribution in [1.82, 2.24) is 24.5 Å². The number of hydrogen-bond acceptors (Lipinski definition) is 10. The van der Waals surface area contributed by atoms with Crippen molar-refractivity contribution in [3.8, 4) is 68.0 Å². The summed E-state index contributed by atoms with van der Waals surface area (Å²) in [6, 6.07) is 34.2. The summed E-state index contributed by atoms with van der Waals surface area (Å²) in [5.41, 5.74) is 7.21. The number of phenols is 3. The number of thiocarbonyl (C=S) groups is 2. The van der Waals surface area contributed by atoms with E-state index < -0.39 is 41.3 Å². The molecule has 0 unspecified atom stereocenters. The number of hydrogen-bond donors (Lipinski definition) is 4. The van der Waals surface area contributed by atoms with E-state index in [-0.39, 0.29) is 42.7 Å². The summed E-state index contributed by atoms with van der Waals surface area (Å²) in [4.78, 5) is 28.1. The SMILES string of the molecule is O=C(O)c1ccnc(-c2ccccn2)c1.[2H]c1c([2H])c([2H])c(-c2ccc3c(c2)c2cc(-c4ccccn4)ncc2n3-c2ccc3cc(-c4cc(O)c(O)c(O)c4)ccc3c2)c([2H])c1[2H].[N-]=C=S.[N-]=C=S.[Ru+2]. The van der Waals surface area contributed by atoms with Crippen LogP contribution in [0.25, 0.3) is 94.1 Å². The number of carboxylic acids is 1. The number of fused-ring (bicyclic) bond motifs is 4. The minimum absolute atomic E-state index is 0. The third-order valence-corrected chi connectivity index (χ3v) is 9.79. The first-order chi connectivity index (χ1) is 33.7. The van der Waals surface area contributed by atoms with Gasteiger partial charge in [-0.25, -0.2) is 4.79 Å². The van der Waals surface area contributed by atoms with Gasteiger partial charge in [-0.1, -0.05) is 91.0 Å². The number of nitrogens with zero attached hydrogens (tertiary/aromatic N) is 7. The predicted octanol–water partition coefficient (Wildman–Crippen LogP) is 12.0. The fourth-order valence-corrected chi connectivity index (χ4v) is 6.94. The van der Waals surface area contributed by atoms with Gasteiger partial charge in [0, 0.05) is 35.1 Å². The van der Waals surface area contributed by atoms with E-state index in [4.69, 9.17) is 27.8 Å². The molecule has 5 aromatic carbocycles. The Labute approximate surface area is 408 Å². The Kier molecular flexibility index (Phi) is 13.5. The maximum Gasteiger partial charge on any atom is 2.00 e. The Morgan fingerprint density at radius 1 is 0.576 bits per heavy atom. The first kappa shape index (κ1) is 40.6. The number of rotatable bonds is 6. The summed E-state index contributed by atoms with van der Waals surface area (Å²) in [6.45, 7) is 0. The summed E-state index contributed by atoms with van der Waals surface area (Å²) < 4.78 is 43.7. The number of aromatic nitrogens is 5. The molecule has 322 valence electrons. The Morgan fingerprint density at radius 2 is 1.14 bits per heavy atom. The van der Waals surface area contributed by atoms with E-state index in [9.17, 15) is 20.1 Å². The number of carboxylic acid groups (broad SMARTS) is 1. The quantitative estimate of drug-likeness (QED) is 0.0535. The van der Waals surface area contributed by atoms with Crippen molar-refractivity contribution in [3.63, 3.8) is 0 Å². The van der Waals surface area contributed by atoms with Gasteiger partial charge in [0.05, 0.1) is 52.4 Å². The zero-order chi connectivity index (χ0) is 50.2. The van der Waals surface area contributed by atoms with E-state index in [1.165, 1.54) is 40.8 Å². The number of aromatic carboxylic acids is 1. The summed E-state index contributed by atoms with van der Waals surface area (Å²) in [7, 11) is 0. The number of aromatic hydroxyl groups is 3. The first-order valence-electron chi connectivity index (χ1n) is 21.6. The van der Waals surface area contributed by atoms with Gasteiger partial charge in [0.2, 0.25) is 0 Å². The third-order valence-electron chi connectivity index (χ3n) is 9.79. The van der Waals surface area contributed by atoms with Crippen molar-refractivity contribution in [2.45, 2.75) is 0 Å². The van der Waals surface area contributed by atoms with Gasteiger partial charge >= 0.3 is 25.4 Å². The number of carbonyl (C=O) groups is 1. The van der Waals surface area contributed by atoms with Crippen LogP contribution in [0.2, 0.25) is 0 Å². The molecule has 0 fully saturated rings. The average molecular weight is 994 g/mol. The minimum Gasteiger partial charge on any atom is -0.753 e. The van der Waals surface area contributed by atoms with Crippen LogP contribution in [0, 0.1) is 0 Å². The number of pyridine rings is 4. The van der Waals surface area contributed by atoms with Gasteiger partial charge in [-0.15, -0.1) is 0 Å². The molecule has 12 nitrogen and oxygen atoms in total. The number of isothiocyanates is 2. The molecule has 66 heavy (non-hydrogen) atoms. The van der Waals surface area contributed by atoms with Crippen molar-refractivity contribution in [2.24, 2.45) is 0 Å². The fraction of sp³-hybridized carbons (Fsp3) is 0. The van der Waals surface area contributed by atoms with E-state index >= 15 is 0 Å². The van der Waals surface area contributed by atoms with Gasteiger partial charge in [-0.05, 0) is 118 Å². The molecule has 0 atom stereocenters. The number of benzene rings is 5. The van der Waals surface area contributed by atoms with E-state index in [2.05, 4.69) is 44.0 Å². The summed E-state index contributed by atoms with van der Waals surface area (Å²) in [5, 5.41) is 59.1. The van der Waals surface area contributed by atoms with Crippen LogP contribution in [0.15, 0.2) is 176 Å². The smallest absolute Gasteiger partial charge is 0.753 e. The van der Waals surface area contributed by atoms with E-state index in [0.29, 0.717) is 33.9 Å². The van der Waals surface area contributed by atoms with Crippen LogP contribution >= 0.6 is 24.4 Å². The monoisotopic (exact) mass is 994 g/mol. The molecule has 0 saturated carbocycles. The molecule has 15 heteroatoms. The third kappa shape index (κ3) is 10.6. The molecule has 10 rings (SSSR count). The maximum absolute atomic E-state index is 10.7.